The standard InChI is InChI=1S/C17H19Si.C10H15.Hf/c1-18(2,3)12-15-11-10-14-9-8-13-6-4-5-7-16(13)17(14)15;1-6-7(2)9(4)10(5)8(6)3;/h4-9H,10,12H2,1-3H3;1-5H3;/q2*-1;+4. The Morgan fingerprint density at radius 3 is 2.00 bits per heavy atom. The minimum absolute atomic E-state index is 0. The molecule has 0 saturated carbocycles. The molecule has 0 N–H and O–H groups in total. The van der Waals surface area contributed by atoms with Gasteiger partial charge in [0.1, 0.15) is 0 Å². The van der Waals surface area contributed by atoms with Crippen LogP contribution >= 0.6 is 0 Å². The van der Waals surface area contributed by atoms with E-state index >= 15 is 0 Å². The molecule has 0 atom stereocenters. The zero-order valence-corrected chi connectivity index (χ0v) is 24.0. The first-order valence-corrected chi connectivity index (χ1v) is 14.1. The third-order valence-electron chi connectivity index (χ3n) is 6.33. The van der Waals surface area contributed by atoms with Gasteiger partial charge >= 0.3 is 25.8 Å². The second kappa shape index (κ2) is 9.35. The van der Waals surface area contributed by atoms with Crippen LogP contribution in [0.3, 0.4) is 0 Å². The molecule has 3 aromatic rings. The Kier molecular flexibility index (Phi) is 7.78. The normalized spacial score (nSPS) is 12.8. The zero-order chi connectivity index (χ0) is 20.6. The fourth-order valence-electron chi connectivity index (χ4n) is 4.20. The number of hydrogen-bond donors (Lipinski definition) is 0. The van der Waals surface area contributed by atoms with Crippen LogP contribution in [0, 0.1) is 40.7 Å². The molecule has 2 heteroatoms. The van der Waals surface area contributed by atoms with Crippen molar-refractivity contribution in [3.63, 3.8) is 0 Å². The van der Waals surface area contributed by atoms with Gasteiger partial charge < -0.3 is 0 Å². The molecule has 4 rings (SSSR count). The maximum absolute atomic E-state index is 3.62. The fraction of sp³-hybridized carbons (Fsp3) is 0.370. The average Bonchev–Trinajstić information content (AvgIpc) is 3.13. The largest absolute Gasteiger partial charge is 4.00 e. The number of rotatable bonds is 2. The maximum atomic E-state index is 3.62. The summed E-state index contributed by atoms with van der Waals surface area (Å²) >= 11 is 0. The predicted molar refractivity (Wildman–Crippen MR) is 128 cm³/mol. The van der Waals surface area contributed by atoms with Crippen LogP contribution in [0.4, 0.5) is 0 Å². The molecule has 0 saturated heterocycles. The van der Waals surface area contributed by atoms with Crippen LogP contribution in [0.1, 0.15) is 38.9 Å². The summed E-state index contributed by atoms with van der Waals surface area (Å²) in [4.78, 5) is 0. The van der Waals surface area contributed by atoms with Gasteiger partial charge in [0.2, 0.25) is 0 Å². The molecular formula is C27H34HfSi+2. The minimum Gasteiger partial charge on any atom is -0.269 e. The van der Waals surface area contributed by atoms with Gasteiger partial charge in [-0.25, -0.2) is 5.57 Å². The number of hydrogen-bond acceptors (Lipinski definition) is 0. The van der Waals surface area contributed by atoms with E-state index in [1.807, 2.05) is 0 Å². The maximum Gasteiger partial charge on any atom is 4.00 e. The number of allylic oxidation sites excluding steroid dienone is 2. The van der Waals surface area contributed by atoms with Gasteiger partial charge in [0, 0.05) is 8.07 Å². The number of fused-ring (bicyclic) bond motifs is 3. The van der Waals surface area contributed by atoms with E-state index in [1.165, 1.54) is 61.3 Å². The van der Waals surface area contributed by atoms with Crippen molar-refractivity contribution < 1.29 is 25.8 Å². The Balaban J connectivity index is 0.000000234. The summed E-state index contributed by atoms with van der Waals surface area (Å²) in [5.74, 6) is 0. The Labute approximate surface area is 197 Å². The third kappa shape index (κ3) is 5.14. The summed E-state index contributed by atoms with van der Waals surface area (Å²) in [5.41, 5.74) is 11.8. The van der Waals surface area contributed by atoms with E-state index in [4.69, 9.17) is 0 Å². The smallest absolute Gasteiger partial charge is 0.269 e. The SMILES string of the molecule is C[Si](C)(C)CC1=[C-]Cc2ccc3ccccc3c21.Cc1c(C)c(C)[c-](C)c1C.[Hf+4]. The summed E-state index contributed by atoms with van der Waals surface area (Å²) in [5, 5.41) is 2.77. The van der Waals surface area contributed by atoms with Crippen molar-refractivity contribution in [3.05, 3.63) is 81.4 Å². The van der Waals surface area contributed by atoms with Crippen LogP contribution in [0.15, 0.2) is 36.4 Å². The quantitative estimate of drug-likeness (QED) is 0.219. The zero-order valence-electron chi connectivity index (χ0n) is 19.4. The second-order valence-corrected chi connectivity index (χ2v) is 15.0. The Hall–Kier alpha value is -1.12. The topological polar surface area (TPSA) is 0 Å². The predicted octanol–water partition coefficient (Wildman–Crippen LogP) is 7.87. The molecule has 0 aromatic heterocycles. The van der Waals surface area contributed by atoms with Crippen molar-refractivity contribution in [2.45, 2.75) is 66.7 Å². The van der Waals surface area contributed by atoms with E-state index in [0.717, 1.165) is 6.42 Å². The van der Waals surface area contributed by atoms with Crippen LogP contribution in [-0.2, 0) is 32.3 Å². The van der Waals surface area contributed by atoms with Crippen molar-refractivity contribution >= 4 is 24.4 Å². The Morgan fingerprint density at radius 2 is 1.48 bits per heavy atom. The van der Waals surface area contributed by atoms with Gasteiger partial charge in [-0.3, -0.25) is 6.08 Å². The third-order valence-corrected chi connectivity index (χ3v) is 7.74. The molecule has 0 amide bonds. The van der Waals surface area contributed by atoms with Crippen molar-refractivity contribution in [1.29, 1.82) is 0 Å². The summed E-state index contributed by atoms with van der Waals surface area (Å²) < 4.78 is 0. The Bertz CT molecular complexity index is 964. The molecule has 0 aliphatic heterocycles. The van der Waals surface area contributed by atoms with Crippen LogP contribution in [0.25, 0.3) is 16.3 Å². The van der Waals surface area contributed by atoms with Crippen molar-refractivity contribution in [1.82, 2.24) is 0 Å². The molecule has 0 unspecified atom stereocenters. The summed E-state index contributed by atoms with van der Waals surface area (Å²) in [7, 11) is -1.08. The van der Waals surface area contributed by atoms with Crippen LogP contribution in [-0.4, -0.2) is 8.07 Å². The van der Waals surface area contributed by atoms with Crippen molar-refractivity contribution in [3.8, 4) is 0 Å². The minimum atomic E-state index is -1.08. The molecule has 0 fully saturated rings. The van der Waals surface area contributed by atoms with Gasteiger partial charge in [-0.1, -0.05) is 102 Å². The summed E-state index contributed by atoms with van der Waals surface area (Å²) in [6.07, 6.45) is 4.62. The summed E-state index contributed by atoms with van der Waals surface area (Å²) in [6.45, 7) is 18.3. The molecule has 0 spiro atoms. The van der Waals surface area contributed by atoms with Gasteiger partial charge in [0.05, 0.1) is 0 Å². The van der Waals surface area contributed by atoms with Gasteiger partial charge in [0.15, 0.2) is 0 Å². The summed E-state index contributed by atoms with van der Waals surface area (Å²) in [6, 6.07) is 14.5. The molecule has 0 nitrogen and oxygen atoms in total. The number of benzene rings is 2. The van der Waals surface area contributed by atoms with E-state index in [0.29, 0.717) is 0 Å². The van der Waals surface area contributed by atoms with E-state index in [1.54, 1.807) is 0 Å². The molecule has 1 aliphatic carbocycles. The van der Waals surface area contributed by atoms with Gasteiger partial charge in [-0.15, -0.1) is 12.0 Å². The first-order chi connectivity index (χ1) is 13.1. The van der Waals surface area contributed by atoms with Crippen LogP contribution in [0.5, 0.6) is 0 Å². The van der Waals surface area contributed by atoms with E-state index in [2.05, 4.69) is 96.7 Å². The molecule has 3 aromatic carbocycles. The van der Waals surface area contributed by atoms with Gasteiger partial charge in [0.25, 0.3) is 0 Å². The van der Waals surface area contributed by atoms with Gasteiger partial charge in [-0.2, -0.15) is 33.4 Å². The fourth-order valence-corrected chi connectivity index (χ4v) is 5.56. The monoisotopic (exact) mass is 566 g/mol. The molecule has 0 heterocycles. The van der Waals surface area contributed by atoms with E-state index in [-0.39, 0.29) is 25.8 Å². The first kappa shape index (κ1) is 24.1. The molecule has 0 radical (unpaired) electrons. The molecule has 1 aliphatic rings. The molecule has 29 heavy (non-hydrogen) atoms. The first-order valence-electron chi connectivity index (χ1n) is 10.4. The average molecular weight is 565 g/mol. The van der Waals surface area contributed by atoms with Crippen molar-refractivity contribution in [2.24, 2.45) is 0 Å². The van der Waals surface area contributed by atoms with Gasteiger partial charge in [-0.05, 0) is 5.39 Å². The molecule has 148 valence electrons. The van der Waals surface area contributed by atoms with E-state index in [9.17, 15) is 0 Å². The second-order valence-electron chi connectivity index (χ2n) is 9.52. The van der Waals surface area contributed by atoms with Crippen LogP contribution < -0.4 is 0 Å². The van der Waals surface area contributed by atoms with Crippen LogP contribution in [0.2, 0.25) is 25.7 Å². The Morgan fingerprint density at radius 1 is 0.897 bits per heavy atom. The molecular weight excluding hydrogens is 531 g/mol. The van der Waals surface area contributed by atoms with Crippen molar-refractivity contribution in [2.75, 3.05) is 0 Å². The molecule has 0 bridgehead atoms. The van der Waals surface area contributed by atoms with E-state index < -0.39 is 8.07 Å².